The highest BCUT2D eigenvalue weighted by Crippen LogP contribution is 2.47. The molecule has 0 heterocycles. The van der Waals surface area contributed by atoms with Gasteiger partial charge in [-0.05, 0) is 43.4 Å². The molecule has 2 heteroatoms. The fraction of sp³-hybridized carbons (Fsp3) is 1.00. The molecule has 19 heavy (non-hydrogen) atoms. The Morgan fingerprint density at radius 2 is 1.47 bits per heavy atom. The lowest BCUT2D eigenvalue weighted by Gasteiger charge is -2.41. The Balaban J connectivity index is 2.21. The lowest BCUT2D eigenvalue weighted by molar-refractivity contribution is -0.116. The Morgan fingerprint density at radius 1 is 0.895 bits per heavy atom. The molecule has 3 atom stereocenters. The minimum absolute atomic E-state index is 0.248. The third kappa shape index (κ3) is 3.52. The summed E-state index contributed by atoms with van der Waals surface area (Å²) in [6.07, 6.45) is 10.0. The number of aliphatic hydroxyl groups excluding tert-OH is 1. The maximum absolute atomic E-state index is 10.9. The first kappa shape index (κ1) is 15.3. The van der Waals surface area contributed by atoms with Gasteiger partial charge in [-0.1, -0.05) is 52.4 Å². The first-order valence-corrected chi connectivity index (χ1v) is 8.23. The molecule has 0 aromatic rings. The van der Waals surface area contributed by atoms with Crippen LogP contribution < -0.4 is 0 Å². The van der Waals surface area contributed by atoms with Crippen molar-refractivity contribution in [2.75, 3.05) is 0 Å². The minimum atomic E-state index is -0.900. The highest BCUT2D eigenvalue weighted by molar-refractivity contribution is 4.98. The fourth-order valence-electron chi connectivity index (χ4n) is 4.33. The highest BCUT2D eigenvalue weighted by atomic mass is 16.3. The predicted octanol–water partition coefficient (Wildman–Crippen LogP) is 3.90. The molecule has 0 spiro atoms. The van der Waals surface area contributed by atoms with Gasteiger partial charge >= 0.3 is 0 Å². The molecule has 2 nitrogen and oxygen atoms in total. The van der Waals surface area contributed by atoms with Gasteiger partial charge in [0.2, 0.25) is 0 Å². The van der Waals surface area contributed by atoms with Crippen molar-refractivity contribution in [3.63, 3.8) is 0 Å². The Hall–Kier alpha value is -0.0800. The number of rotatable bonds is 1. The second kappa shape index (κ2) is 5.73. The molecule has 0 aromatic heterocycles. The van der Waals surface area contributed by atoms with Crippen LogP contribution in [0.25, 0.3) is 0 Å². The molecule has 0 bridgehead atoms. The van der Waals surface area contributed by atoms with E-state index in [4.69, 9.17) is 0 Å². The average Bonchev–Trinajstić information content (AvgIpc) is 2.64. The van der Waals surface area contributed by atoms with Crippen LogP contribution in [0.2, 0.25) is 0 Å². The van der Waals surface area contributed by atoms with Gasteiger partial charge in [0.25, 0.3) is 0 Å². The van der Waals surface area contributed by atoms with Crippen LogP contribution in [0.1, 0.15) is 78.6 Å². The first-order chi connectivity index (χ1) is 8.83. The van der Waals surface area contributed by atoms with E-state index in [0.29, 0.717) is 5.92 Å². The Bertz CT molecular complexity index is 288. The first-order valence-electron chi connectivity index (χ1n) is 8.23. The van der Waals surface area contributed by atoms with Crippen LogP contribution in [-0.4, -0.2) is 21.9 Å². The smallest absolute Gasteiger partial charge is 0.0908 e. The quantitative estimate of drug-likeness (QED) is 0.708. The Morgan fingerprint density at radius 3 is 2.05 bits per heavy atom. The molecule has 2 aliphatic carbocycles. The molecule has 0 radical (unpaired) electrons. The summed E-state index contributed by atoms with van der Waals surface area (Å²) in [4.78, 5) is 0. The lowest BCUT2D eigenvalue weighted by atomic mass is 9.69. The molecule has 2 rings (SSSR count). The van der Waals surface area contributed by atoms with Gasteiger partial charge < -0.3 is 10.2 Å². The van der Waals surface area contributed by atoms with Crippen molar-refractivity contribution in [1.29, 1.82) is 0 Å². The SMILES string of the molecule is CC1(C)CC[C@@H](O)C(C)(O)[C@@H](C2CCCCCC2)C1. The summed E-state index contributed by atoms with van der Waals surface area (Å²) in [5.74, 6) is 0.864. The largest absolute Gasteiger partial charge is 0.390 e. The van der Waals surface area contributed by atoms with Gasteiger partial charge in [-0.25, -0.2) is 0 Å². The maximum atomic E-state index is 10.9. The second-order valence-electron chi connectivity index (χ2n) is 8.01. The summed E-state index contributed by atoms with van der Waals surface area (Å²) in [6.45, 7) is 6.48. The van der Waals surface area contributed by atoms with Crippen molar-refractivity contribution in [2.24, 2.45) is 17.3 Å². The molecule has 112 valence electrons. The van der Waals surface area contributed by atoms with E-state index in [-0.39, 0.29) is 11.3 Å². The Labute approximate surface area is 118 Å². The standard InChI is InChI=1S/C17H32O2/c1-16(2)11-10-15(18)17(3,19)14(12-16)13-8-6-4-5-7-9-13/h13-15,18-19H,4-12H2,1-3H3/t14-,15-,17?/m1/s1. The van der Waals surface area contributed by atoms with E-state index in [1.54, 1.807) is 0 Å². The van der Waals surface area contributed by atoms with Gasteiger partial charge in [-0.3, -0.25) is 0 Å². The van der Waals surface area contributed by atoms with Gasteiger partial charge in [0.05, 0.1) is 11.7 Å². The molecular formula is C17H32O2. The van der Waals surface area contributed by atoms with E-state index in [0.717, 1.165) is 19.3 Å². The van der Waals surface area contributed by atoms with Crippen molar-refractivity contribution >= 4 is 0 Å². The summed E-state index contributed by atoms with van der Waals surface area (Å²) in [5, 5.41) is 21.3. The van der Waals surface area contributed by atoms with Crippen LogP contribution in [0, 0.1) is 17.3 Å². The maximum Gasteiger partial charge on any atom is 0.0908 e. The topological polar surface area (TPSA) is 40.5 Å². The molecule has 2 N–H and O–H groups in total. The van der Waals surface area contributed by atoms with Crippen molar-refractivity contribution in [1.82, 2.24) is 0 Å². The highest BCUT2D eigenvalue weighted by Gasteiger charge is 2.47. The van der Waals surface area contributed by atoms with E-state index in [2.05, 4.69) is 13.8 Å². The third-order valence-corrected chi connectivity index (χ3v) is 5.76. The number of aliphatic hydroxyl groups is 2. The average molecular weight is 268 g/mol. The van der Waals surface area contributed by atoms with Crippen LogP contribution >= 0.6 is 0 Å². The van der Waals surface area contributed by atoms with Crippen LogP contribution in [0.15, 0.2) is 0 Å². The van der Waals surface area contributed by atoms with Gasteiger partial charge in [-0.2, -0.15) is 0 Å². The number of hydrogen-bond acceptors (Lipinski definition) is 2. The van der Waals surface area contributed by atoms with Gasteiger partial charge in [0, 0.05) is 0 Å². The number of hydrogen-bond donors (Lipinski definition) is 2. The van der Waals surface area contributed by atoms with Crippen LogP contribution in [0.3, 0.4) is 0 Å². The Kier molecular flexibility index (Phi) is 4.62. The molecule has 0 amide bonds. The van der Waals surface area contributed by atoms with Crippen molar-refractivity contribution < 1.29 is 10.2 Å². The summed E-state index contributed by atoms with van der Waals surface area (Å²) >= 11 is 0. The van der Waals surface area contributed by atoms with Gasteiger partial charge in [-0.15, -0.1) is 0 Å². The monoisotopic (exact) mass is 268 g/mol. The normalized spacial score (nSPS) is 41.5. The molecule has 1 unspecified atom stereocenters. The van der Waals surface area contributed by atoms with Crippen molar-refractivity contribution in [3.05, 3.63) is 0 Å². The molecule has 0 aliphatic heterocycles. The van der Waals surface area contributed by atoms with Gasteiger partial charge in [0.15, 0.2) is 0 Å². The van der Waals surface area contributed by atoms with E-state index in [9.17, 15) is 10.2 Å². The third-order valence-electron chi connectivity index (χ3n) is 5.76. The summed E-state index contributed by atoms with van der Waals surface area (Å²) in [7, 11) is 0. The second-order valence-corrected chi connectivity index (χ2v) is 8.01. The molecule has 0 aromatic carbocycles. The fourth-order valence-corrected chi connectivity index (χ4v) is 4.33. The molecule has 2 saturated carbocycles. The summed E-state index contributed by atoms with van der Waals surface area (Å²) in [5.41, 5.74) is -0.652. The summed E-state index contributed by atoms with van der Waals surface area (Å²) < 4.78 is 0. The van der Waals surface area contributed by atoms with E-state index in [1.807, 2.05) is 6.92 Å². The summed E-state index contributed by atoms with van der Waals surface area (Å²) in [6, 6.07) is 0. The van der Waals surface area contributed by atoms with E-state index >= 15 is 0 Å². The van der Waals surface area contributed by atoms with Crippen LogP contribution in [-0.2, 0) is 0 Å². The molecule has 2 aliphatic rings. The molecule has 0 saturated heterocycles. The zero-order valence-corrected chi connectivity index (χ0v) is 13.0. The van der Waals surface area contributed by atoms with Gasteiger partial charge in [0.1, 0.15) is 0 Å². The molecule has 2 fully saturated rings. The lowest BCUT2D eigenvalue weighted by Crippen LogP contribution is -2.48. The van der Waals surface area contributed by atoms with Crippen molar-refractivity contribution in [3.8, 4) is 0 Å². The van der Waals surface area contributed by atoms with Crippen LogP contribution in [0.5, 0.6) is 0 Å². The zero-order chi connectivity index (χ0) is 14.1. The predicted molar refractivity (Wildman–Crippen MR) is 78.9 cm³/mol. The van der Waals surface area contributed by atoms with E-state index in [1.165, 1.54) is 38.5 Å². The zero-order valence-electron chi connectivity index (χ0n) is 13.0. The molecular weight excluding hydrogens is 236 g/mol. The minimum Gasteiger partial charge on any atom is -0.390 e. The van der Waals surface area contributed by atoms with Crippen LogP contribution in [0.4, 0.5) is 0 Å². The van der Waals surface area contributed by atoms with Crippen molar-refractivity contribution in [2.45, 2.75) is 90.3 Å². The van der Waals surface area contributed by atoms with E-state index < -0.39 is 11.7 Å².